The topological polar surface area (TPSA) is 69.6 Å². The molecule has 1 aromatic carbocycles. The molecule has 1 aromatic rings. The summed E-state index contributed by atoms with van der Waals surface area (Å²) < 4.78 is 0. The smallest absolute Gasteiger partial charge is 0.244 e. The van der Waals surface area contributed by atoms with Crippen molar-refractivity contribution >= 4 is 23.6 Å². The summed E-state index contributed by atoms with van der Waals surface area (Å²) in [6.07, 6.45) is 2.96. The van der Waals surface area contributed by atoms with E-state index in [0.717, 1.165) is 11.1 Å². The zero-order valence-electron chi connectivity index (χ0n) is 11.0. The average Bonchev–Trinajstić information content (AvgIpc) is 2.40. The second-order valence-corrected chi connectivity index (χ2v) is 5.12. The first-order valence-electron chi connectivity index (χ1n) is 5.88. The van der Waals surface area contributed by atoms with Gasteiger partial charge in [-0.3, -0.25) is 4.79 Å². The molecule has 0 unspecified atom stereocenters. The number of hydrogen-bond donors (Lipinski definition) is 3. The van der Waals surface area contributed by atoms with Crippen LogP contribution in [-0.4, -0.2) is 34.9 Å². The summed E-state index contributed by atoms with van der Waals surface area (Å²) in [7, 11) is 0. The lowest BCUT2D eigenvalue weighted by Gasteiger charge is -2.25. The Hall–Kier alpha value is -1.36. The van der Waals surface area contributed by atoms with Crippen LogP contribution in [0, 0.1) is 6.92 Å². The Morgan fingerprint density at radius 3 is 2.58 bits per heavy atom. The van der Waals surface area contributed by atoms with Crippen LogP contribution < -0.4 is 5.32 Å². The van der Waals surface area contributed by atoms with E-state index in [1.54, 1.807) is 19.1 Å². The zero-order chi connectivity index (χ0) is 14.5. The summed E-state index contributed by atoms with van der Waals surface area (Å²) in [6.45, 7) is 2.79. The molecule has 0 aliphatic heterocycles. The lowest BCUT2D eigenvalue weighted by Crippen LogP contribution is -2.51. The highest BCUT2D eigenvalue weighted by Gasteiger charge is 2.23. The van der Waals surface area contributed by atoms with Gasteiger partial charge in [-0.05, 0) is 37.1 Å². The van der Waals surface area contributed by atoms with E-state index in [9.17, 15) is 4.79 Å². The van der Waals surface area contributed by atoms with Gasteiger partial charge in [0.25, 0.3) is 0 Å². The van der Waals surface area contributed by atoms with Crippen LogP contribution in [0.25, 0.3) is 6.08 Å². The van der Waals surface area contributed by atoms with E-state index in [1.807, 2.05) is 19.1 Å². The molecule has 3 N–H and O–H groups in total. The molecule has 0 aliphatic rings. The number of nitrogens with one attached hydrogen (secondary N) is 1. The minimum absolute atomic E-state index is 0.334. The third-order valence-corrected chi connectivity index (χ3v) is 3.15. The van der Waals surface area contributed by atoms with Crippen LogP contribution in [-0.2, 0) is 4.79 Å². The zero-order valence-corrected chi connectivity index (χ0v) is 11.7. The summed E-state index contributed by atoms with van der Waals surface area (Å²) in [5.74, 6) is -0.387. The van der Waals surface area contributed by atoms with E-state index in [-0.39, 0.29) is 19.1 Å². The van der Waals surface area contributed by atoms with Crippen molar-refractivity contribution in [3.05, 3.63) is 40.4 Å². The molecule has 0 bridgehead atoms. The predicted molar refractivity (Wildman–Crippen MR) is 75.9 cm³/mol. The number of halogens is 1. The summed E-state index contributed by atoms with van der Waals surface area (Å²) in [6, 6.07) is 5.48. The first-order chi connectivity index (χ1) is 8.90. The highest BCUT2D eigenvalue weighted by atomic mass is 35.5. The van der Waals surface area contributed by atoms with Crippen molar-refractivity contribution in [2.24, 2.45) is 0 Å². The van der Waals surface area contributed by atoms with E-state index in [4.69, 9.17) is 21.8 Å². The van der Waals surface area contributed by atoms with Gasteiger partial charge in [0.05, 0.1) is 18.8 Å². The molecule has 0 saturated carbocycles. The molecule has 0 aliphatic carbocycles. The highest BCUT2D eigenvalue weighted by Crippen LogP contribution is 2.17. The number of benzene rings is 1. The molecule has 0 saturated heterocycles. The molecule has 0 fully saturated rings. The second kappa shape index (κ2) is 6.70. The fraction of sp³-hybridized carbons (Fsp3) is 0.357. The Bertz CT molecular complexity index is 482. The van der Waals surface area contributed by atoms with Gasteiger partial charge < -0.3 is 15.5 Å². The molecular formula is C14H18ClNO3. The van der Waals surface area contributed by atoms with Crippen LogP contribution in [0.1, 0.15) is 18.1 Å². The van der Waals surface area contributed by atoms with Crippen LogP contribution >= 0.6 is 11.6 Å². The van der Waals surface area contributed by atoms with Crippen LogP contribution in [0.4, 0.5) is 0 Å². The standard InChI is InChI=1S/C14H18ClNO3/c1-10-3-4-11(7-12(10)15)5-6-13(19)16-14(2,8-17)9-18/h3-7,17-18H,8-9H2,1-2H3,(H,16,19)/b6-5+. The quantitative estimate of drug-likeness (QED) is 0.718. The van der Waals surface area contributed by atoms with Gasteiger partial charge in [0.1, 0.15) is 0 Å². The van der Waals surface area contributed by atoms with Crippen LogP contribution in [0.2, 0.25) is 5.02 Å². The van der Waals surface area contributed by atoms with Gasteiger partial charge in [0.15, 0.2) is 0 Å². The molecule has 0 spiro atoms. The van der Waals surface area contributed by atoms with Gasteiger partial charge >= 0.3 is 0 Å². The molecule has 0 heterocycles. The molecule has 4 nitrogen and oxygen atoms in total. The lowest BCUT2D eigenvalue weighted by molar-refractivity contribution is -0.119. The van der Waals surface area contributed by atoms with Crippen LogP contribution in [0.15, 0.2) is 24.3 Å². The summed E-state index contributed by atoms with van der Waals surface area (Å²) in [5.41, 5.74) is 0.753. The van der Waals surface area contributed by atoms with Crippen molar-refractivity contribution in [2.45, 2.75) is 19.4 Å². The van der Waals surface area contributed by atoms with E-state index >= 15 is 0 Å². The maximum atomic E-state index is 11.6. The number of carbonyl (C=O) groups excluding carboxylic acids is 1. The van der Waals surface area contributed by atoms with Crippen molar-refractivity contribution in [1.82, 2.24) is 5.32 Å². The third-order valence-electron chi connectivity index (χ3n) is 2.75. The van der Waals surface area contributed by atoms with E-state index in [1.165, 1.54) is 6.08 Å². The lowest BCUT2D eigenvalue weighted by atomic mass is 10.1. The van der Waals surface area contributed by atoms with Crippen LogP contribution in [0.5, 0.6) is 0 Å². The first kappa shape index (κ1) is 15.7. The monoisotopic (exact) mass is 283 g/mol. The van der Waals surface area contributed by atoms with Crippen molar-refractivity contribution in [2.75, 3.05) is 13.2 Å². The molecule has 104 valence electrons. The average molecular weight is 284 g/mol. The number of carbonyl (C=O) groups is 1. The largest absolute Gasteiger partial charge is 0.394 e. The van der Waals surface area contributed by atoms with Crippen molar-refractivity contribution in [3.63, 3.8) is 0 Å². The highest BCUT2D eigenvalue weighted by molar-refractivity contribution is 6.31. The van der Waals surface area contributed by atoms with E-state index in [0.29, 0.717) is 5.02 Å². The number of aryl methyl sites for hydroxylation is 1. The van der Waals surface area contributed by atoms with Crippen molar-refractivity contribution in [1.29, 1.82) is 0 Å². The maximum Gasteiger partial charge on any atom is 0.244 e. The number of amides is 1. The summed E-state index contributed by atoms with van der Waals surface area (Å²) >= 11 is 5.98. The maximum absolute atomic E-state index is 11.6. The minimum atomic E-state index is -1.02. The van der Waals surface area contributed by atoms with E-state index < -0.39 is 5.54 Å². The normalized spacial score (nSPS) is 11.8. The second-order valence-electron chi connectivity index (χ2n) is 4.71. The molecule has 0 radical (unpaired) electrons. The van der Waals surface area contributed by atoms with Gasteiger partial charge in [-0.1, -0.05) is 23.7 Å². The molecule has 19 heavy (non-hydrogen) atoms. The molecule has 0 atom stereocenters. The van der Waals surface area contributed by atoms with Gasteiger partial charge in [-0.25, -0.2) is 0 Å². The Kier molecular flexibility index (Phi) is 5.54. The fourth-order valence-electron chi connectivity index (χ4n) is 1.35. The minimum Gasteiger partial charge on any atom is -0.394 e. The molecule has 1 rings (SSSR count). The molecule has 0 aromatic heterocycles. The van der Waals surface area contributed by atoms with Crippen molar-refractivity contribution < 1.29 is 15.0 Å². The van der Waals surface area contributed by atoms with Gasteiger partial charge in [0.2, 0.25) is 5.91 Å². The van der Waals surface area contributed by atoms with E-state index in [2.05, 4.69) is 5.32 Å². The number of hydrogen-bond acceptors (Lipinski definition) is 3. The Balaban J connectivity index is 2.71. The molecule has 1 amide bonds. The fourth-order valence-corrected chi connectivity index (χ4v) is 1.54. The Morgan fingerprint density at radius 1 is 1.42 bits per heavy atom. The van der Waals surface area contributed by atoms with Crippen LogP contribution in [0.3, 0.4) is 0 Å². The number of aliphatic hydroxyl groups excluding tert-OH is 2. The Labute approximate surface area is 117 Å². The number of aliphatic hydroxyl groups is 2. The number of rotatable bonds is 5. The molecular weight excluding hydrogens is 266 g/mol. The summed E-state index contributed by atoms with van der Waals surface area (Å²) in [5, 5.41) is 21.3. The first-order valence-corrected chi connectivity index (χ1v) is 6.26. The summed E-state index contributed by atoms with van der Waals surface area (Å²) in [4.78, 5) is 11.6. The van der Waals surface area contributed by atoms with Gasteiger partial charge in [0, 0.05) is 11.1 Å². The predicted octanol–water partition coefficient (Wildman–Crippen LogP) is 1.52. The third kappa shape index (κ3) is 4.67. The molecule has 5 heteroatoms. The SMILES string of the molecule is Cc1ccc(/C=C/C(=O)NC(C)(CO)CO)cc1Cl. The van der Waals surface area contributed by atoms with Crippen molar-refractivity contribution in [3.8, 4) is 0 Å². The van der Waals surface area contributed by atoms with Gasteiger partial charge in [-0.15, -0.1) is 0 Å². The van der Waals surface area contributed by atoms with Gasteiger partial charge in [-0.2, -0.15) is 0 Å². The Morgan fingerprint density at radius 2 is 2.05 bits per heavy atom.